The number of pyridine rings is 1. The van der Waals surface area contributed by atoms with E-state index in [1.165, 1.54) is 0 Å². The smallest absolute Gasteiger partial charge is 0.140 e. The fourth-order valence-corrected chi connectivity index (χ4v) is 4.11. The SMILES string of the molecule is Cc1cc(N2CCN(c3ncnc4sccc34)CC2)c(C#N)c(C)n1. The van der Waals surface area contributed by atoms with Crippen LogP contribution in [0.5, 0.6) is 0 Å². The number of hydrogen-bond acceptors (Lipinski definition) is 7. The fourth-order valence-electron chi connectivity index (χ4n) is 3.38. The fraction of sp³-hybridized carbons (Fsp3) is 0.333. The number of anilines is 2. The Morgan fingerprint density at radius 3 is 2.64 bits per heavy atom. The molecule has 1 saturated heterocycles. The van der Waals surface area contributed by atoms with Gasteiger partial charge in [0.1, 0.15) is 23.0 Å². The predicted octanol–water partition coefficient (Wildman–Crippen LogP) is 2.90. The van der Waals surface area contributed by atoms with E-state index in [1.54, 1.807) is 17.7 Å². The van der Waals surface area contributed by atoms with E-state index in [0.717, 1.165) is 59.3 Å². The summed E-state index contributed by atoms with van der Waals surface area (Å²) in [5.74, 6) is 1.01. The molecule has 4 heterocycles. The molecule has 0 amide bonds. The monoisotopic (exact) mass is 350 g/mol. The minimum atomic E-state index is 0.682. The molecule has 0 unspecified atom stereocenters. The predicted molar refractivity (Wildman–Crippen MR) is 100 cm³/mol. The molecule has 0 aromatic carbocycles. The average molecular weight is 350 g/mol. The van der Waals surface area contributed by atoms with E-state index in [1.807, 2.05) is 19.9 Å². The largest absolute Gasteiger partial charge is 0.367 e. The zero-order valence-electron chi connectivity index (χ0n) is 14.2. The first-order valence-electron chi connectivity index (χ1n) is 8.24. The number of nitriles is 1. The van der Waals surface area contributed by atoms with Crippen LogP contribution in [0.25, 0.3) is 10.2 Å². The topological polar surface area (TPSA) is 68.9 Å². The van der Waals surface area contributed by atoms with Crippen molar-refractivity contribution >= 4 is 33.1 Å². The lowest BCUT2D eigenvalue weighted by molar-refractivity contribution is 0.647. The molecule has 1 fully saturated rings. The minimum absolute atomic E-state index is 0.682. The molecule has 1 aliphatic rings. The number of piperazine rings is 1. The molecule has 25 heavy (non-hydrogen) atoms. The molecule has 7 heteroatoms. The van der Waals surface area contributed by atoms with Gasteiger partial charge >= 0.3 is 0 Å². The van der Waals surface area contributed by atoms with Crippen LogP contribution in [0.4, 0.5) is 11.5 Å². The van der Waals surface area contributed by atoms with Crippen LogP contribution in [0.2, 0.25) is 0 Å². The van der Waals surface area contributed by atoms with Crippen molar-refractivity contribution < 1.29 is 0 Å². The van der Waals surface area contributed by atoms with E-state index in [0.29, 0.717) is 5.56 Å². The number of nitrogens with zero attached hydrogens (tertiary/aromatic N) is 6. The maximum Gasteiger partial charge on any atom is 0.140 e. The van der Waals surface area contributed by atoms with Gasteiger partial charge < -0.3 is 9.80 Å². The summed E-state index contributed by atoms with van der Waals surface area (Å²) in [5.41, 5.74) is 3.43. The highest BCUT2D eigenvalue weighted by atomic mass is 32.1. The van der Waals surface area contributed by atoms with Crippen LogP contribution in [0, 0.1) is 25.2 Å². The molecule has 3 aromatic rings. The molecular weight excluding hydrogens is 332 g/mol. The zero-order valence-corrected chi connectivity index (χ0v) is 15.0. The molecule has 0 spiro atoms. The molecular formula is C18H18N6S. The third-order valence-electron chi connectivity index (χ3n) is 4.58. The second-order valence-electron chi connectivity index (χ2n) is 6.17. The second-order valence-corrected chi connectivity index (χ2v) is 7.06. The molecule has 0 radical (unpaired) electrons. The third kappa shape index (κ3) is 2.79. The van der Waals surface area contributed by atoms with E-state index in [-0.39, 0.29) is 0 Å². The van der Waals surface area contributed by atoms with Crippen molar-refractivity contribution in [2.45, 2.75) is 13.8 Å². The number of rotatable bonds is 2. The highest BCUT2D eigenvalue weighted by molar-refractivity contribution is 7.16. The van der Waals surface area contributed by atoms with Crippen LogP contribution in [0.15, 0.2) is 23.8 Å². The van der Waals surface area contributed by atoms with Crippen LogP contribution in [0.1, 0.15) is 17.0 Å². The average Bonchev–Trinajstić information content (AvgIpc) is 3.10. The molecule has 0 bridgehead atoms. The van der Waals surface area contributed by atoms with E-state index < -0.39 is 0 Å². The van der Waals surface area contributed by atoms with Crippen LogP contribution >= 0.6 is 11.3 Å². The first-order chi connectivity index (χ1) is 12.2. The molecule has 3 aromatic heterocycles. The molecule has 4 rings (SSSR count). The van der Waals surface area contributed by atoms with E-state index >= 15 is 0 Å². The van der Waals surface area contributed by atoms with Crippen molar-refractivity contribution in [3.8, 4) is 6.07 Å². The van der Waals surface area contributed by atoms with Crippen LogP contribution in [-0.4, -0.2) is 41.1 Å². The summed E-state index contributed by atoms with van der Waals surface area (Å²) >= 11 is 1.64. The molecule has 0 aliphatic carbocycles. The van der Waals surface area contributed by atoms with Crippen molar-refractivity contribution in [3.63, 3.8) is 0 Å². The Bertz CT molecular complexity index is 965. The van der Waals surface area contributed by atoms with Gasteiger partial charge in [-0.1, -0.05) is 0 Å². The Morgan fingerprint density at radius 2 is 1.88 bits per heavy atom. The van der Waals surface area contributed by atoms with Crippen molar-refractivity contribution in [1.82, 2.24) is 15.0 Å². The van der Waals surface area contributed by atoms with Crippen LogP contribution < -0.4 is 9.80 Å². The van der Waals surface area contributed by atoms with Crippen molar-refractivity contribution in [2.75, 3.05) is 36.0 Å². The Labute approximate surface area is 150 Å². The van der Waals surface area contributed by atoms with Gasteiger partial charge in [0, 0.05) is 31.9 Å². The normalized spacial score (nSPS) is 14.8. The number of fused-ring (bicyclic) bond motifs is 1. The Morgan fingerprint density at radius 1 is 1.12 bits per heavy atom. The maximum atomic E-state index is 9.50. The number of aryl methyl sites for hydroxylation is 2. The van der Waals surface area contributed by atoms with Gasteiger partial charge in [0.15, 0.2) is 0 Å². The van der Waals surface area contributed by atoms with Gasteiger partial charge in [0.05, 0.1) is 22.3 Å². The zero-order chi connectivity index (χ0) is 17.4. The first kappa shape index (κ1) is 15.8. The molecule has 0 saturated carbocycles. The number of aromatic nitrogens is 3. The summed E-state index contributed by atoms with van der Waals surface area (Å²) in [6.07, 6.45) is 1.64. The quantitative estimate of drug-likeness (QED) is 0.708. The van der Waals surface area contributed by atoms with Crippen molar-refractivity contribution in [3.05, 3.63) is 40.8 Å². The summed E-state index contributed by atoms with van der Waals surface area (Å²) in [5, 5.41) is 12.7. The van der Waals surface area contributed by atoms with Gasteiger partial charge in [0.25, 0.3) is 0 Å². The summed E-state index contributed by atoms with van der Waals surface area (Å²) in [4.78, 5) is 18.9. The molecule has 6 nitrogen and oxygen atoms in total. The molecule has 1 aliphatic heterocycles. The summed E-state index contributed by atoms with van der Waals surface area (Å²) < 4.78 is 0. The van der Waals surface area contributed by atoms with Gasteiger partial charge in [-0.2, -0.15) is 5.26 Å². The summed E-state index contributed by atoms with van der Waals surface area (Å²) in [6, 6.07) is 6.42. The number of thiophene rings is 1. The van der Waals surface area contributed by atoms with E-state index in [2.05, 4.69) is 42.3 Å². The van der Waals surface area contributed by atoms with Crippen molar-refractivity contribution in [2.24, 2.45) is 0 Å². The van der Waals surface area contributed by atoms with Gasteiger partial charge in [-0.05, 0) is 31.4 Å². The van der Waals surface area contributed by atoms with E-state index in [9.17, 15) is 5.26 Å². The second kappa shape index (κ2) is 6.30. The molecule has 126 valence electrons. The Kier molecular flexibility index (Phi) is 3.98. The third-order valence-corrected chi connectivity index (χ3v) is 5.40. The van der Waals surface area contributed by atoms with Crippen LogP contribution in [0.3, 0.4) is 0 Å². The van der Waals surface area contributed by atoms with Gasteiger partial charge in [0.2, 0.25) is 0 Å². The van der Waals surface area contributed by atoms with Gasteiger partial charge in [-0.25, -0.2) is 9.97 Å². The minimum Gasteiger partial charge on any atom is -0.367 e. The van der Waals surface area contributed by atoms with Crippen LogP contribution in [-0.2, 0) is 0 Å². The lowest BCUT2D eigenvalue weighted by Gasteiger charge is -2.37. The number of hydrogen-bond donors (Lipinski definition) is 0. The van der Waals surface area contributed by atoms with Crippen molar-refractivity contribution in [1.29, 1.82) is 5.26 Å². The highest BCUT2D eigenvalue weighted by Gasteiger charge is 2.23. The summed E-state index contributed by atoms with van der Waals surface area (Å²) in [6.45, 7) is 7.32. The lowest BCUT2D eigenvalue weighted by Crippen LogP contribution is -2.47. The molecule has 0 N–H and O–H groups in total. The van der Waals surface area contributed by atoms with E-state index in [4.69, 9.17) is 0 Å². The Hall–Kier alpha value is -2.72. The standard InChI is InChI=1S/C18H18N6S/c1-12-9-16(15(10-19)13(2)22-12)23-4-6-24(7-5-23)17-14-3-8-25-18(14)21-11-20-17/h3,8-9,11H,4-7H2,1-2H3. The molecule has 0 atom stereocenters. The highest BCUT2D eigenvalue weighted by Crippen LogP contribution is 2.29. The summed E-state index contributed by atoms with van der Waals surface area (Å²) in [7, 11) is 0. The van der Waals surface area contributed by atoms with Gasteiger partial charge in [-0.15, -0.1) is 11.3 Å². The maximum absolute atomic E-state index is 9.50. The Balaban J connectivity index is 1.58. The first-order valence-corrected chi connectivity index (χ1v) is 9.12. The van der Waals surface area contributed by atoms with Gasteiger partial charge in [-0.3, -0.25) is 4.98 Å². The lowest BCUT2D eigenvalue weighted by atomic mass is 10.1.